The molecule has 0 aromatic carbocycles. The first kappa shape index (κ1) is 12.2. The molecule has 1 aliphatic heterocycles. The molecule has 0 aromatic heterocycles. The zero-order valence-electron chi connectivity index (χ0n) is 7.54. The molecule has 1 amide bonds. The summed E-state index contributed by atoms with van der Waals surface area (Å²) in [5.41, 5.74) is -5.31. The van der Waals surface area contributed by atoms with Gasteiger partial charge >= 0.3 is 15.5 Å². The lowest BCUT2D eigenvalue weighted by atomic mass is 10.4. The minimum absolute atomic E-state index is 0.103. The molecule has 15 heavy (non-hydrogen) atoms. The van der Waals surface area contributed by atoms with Gasteiger partial charge in [-0.3, -0.25) is 4.79 Å². The highest BCUT2D eigenvalue weighted by molar-refractivity contribution is 7.90. The molecule has 1 saturated heterocycles. The molecular weight excluding hydrogens is 237 g/mol. The number of nitrogens with one attached hydrogen (secondary N) is 1. The average molecular weight is 246 g/mol. The van der Waals surface area contributed by atoms with Crippen molar-refractivity contribution in [3.63, 3.8) is 0 Å². The van der Waals surface area contributed by atoms with E-state index in [2.05, 4.69) is 5.32 Å². The van der Waals surface area contributed by atoms with Gasteiger partial charge in [0.2, 0.25) is 5.91 Å². The summed E-state index contributed by atoms with van der Waals surface area (Å²) in [4.78, 5) is 10.8. The standard InChI is InChI=1S/C6H9F3N2O3S/c7-6(8,9)15(13,14)11-3-1-5(12)10-2-4-11/h1-4H2,(H,10,12). The van der Waals surface area contributed by atoms with Crippen molar-refractivity contribution in [3.8, 4) is 0 Å². The first-order valence-electron chi connectivity index (χ1n) is 4.08. The Hall–Kier alpha value is -0.830. The molecule has 0 aliphatic carbocycles. The lowest BCUT2D eigenvalue weighted by Gasteiger charge is -2.20. The fraction of sp³-hybridized carbons (Fsp3) is 0.833. The van der Waals surface area contributed by atoms with Crippen molar-refractivity contribution in [2.45, 2.75) is 11.9 Å². The number of carbonyl (C=O) groups is 1. The van der Waals surface area contributed by atoms with E-state index in [1.165, 1.54) is 0 Å². The van der Waals surface area contributed by atoms with E-state index in [-0.39, 0.29) is 23.8 Å². The van der Waals surface area contributed by atoms with Crippen LogP contribution < -0.4 is 5.32 Å². The molecule has 1 N–H and O–H groups in total. The highest BCUT2D eigenvalue weighted by Crippen LogP contribution is 2.26. The number of hydrogen-bond acceptors (Lipinski definition) is 3. The molecule has 1 rings (SSSR count). The van der Waals surface area contributed by atoms with E-state index in [1.807, 2.05) is 0 Å². The topological polar surface area (TPSA) is 66.5 Å². The van der Waals surface area contributed by atoms with Gasteiger partial charge in [-0.15, -0.1) is 0 Å². The van der Waals surface area contributed by atoms with E-state index in [0.29, 0.717) is 0 Å². The zero-order chi connectivity index (χ0) is 11.7. The monoisotopic (exact) mass is 246 g/mol. The Morgan fingerprint density at radius 3 is 2.40 bits per heavy atom. The second-order valence-corrected chi connectivity index (χ2v) is 4.88. The minimum Gasteiger partial charge on any atom is -0.355 e. The third kappa shape index (κ3) is 2.59. The number of amides is 1. The number of hydrogen-bond donors (Lipinski definition) is 1. The number of carbonyl (C=O) groups excluding carboxylic acids is 1. The fourth-order valence-corrected chi connectivity index (χ4v) is 2.09. The van der Waals surface area contributed by atoms with E-state index < -0.39 is 28.0 Å². The number of nitrogens with zero attached hydrogens (tertiary/aromatic N) is 1. The van der Waals surface area contributed by atoms with Gasteiger partial charge in [0.15, 0.2) is 0 Å². The van der Waals surface area contributed by atoms with E-state index >= 15 is 0 Å². The normalized spacial score (nSPS) is 20.9. The molecular formula is C6H9F3N2O3S. The Labute approximate surface area is 84.3 Å². The van der Waals surface area contributed by atoms with Gasteiger partial charge in [-0.2, -0.15) is 17.5 Å². The Balaban J connectivity index is 2.84. The Kier molecular flexibility index (Phi) is 3.24. The molecule has 0 bridgehead atoms. The summed E-state index contributed by atoms with van der Waals surface area (Å²) in [6, 6.07) is 0. The predicted molar refractivity (Wildman–Crippen MR) is 44.2 cm³/mol. The molecule has 9 heteroatoms. The van der Waals surface area contributed by atoms with Crippen molar-refractivity contribution in [1.82, 2.24) is 9.62 Å². The van der Waals surface area contributed by atoms with Crippen LogP contribution in [-0.4, -0.2) is 43.8 Å². The second-order valence-electron chi connectivity index (χ2n) is 2.95. The largest absolute Gasteiger partial charge is 0.511 e. The number of sulfonamides is 1. The van der Waals surface area contributed by atoms with Crippen LogP contribution in [0, 0.1) is 0 Å². The maximum absolute atomic E-state index is 12.1. The van der Waals surface area contributed by atoms with Crippen LogP contribution in [0.25, 0.3) is 0 Å². The van der Waals surface area contributed by atoms with E-state index in [9.17, 15) is 26.4 Å². The Bertz CT molecular complexity index is 351. The van der Waals surface area contributed by atoms with E-state index in [0.717, 1.165) is 0 Å². The lowest BCUT2D eigenvalue weighted by Crippen LogP contribution is -2.42. The molecule has 0 atom stereocenters. The quantitative estimate of drug-likeness (QED) is 0.688. The minimum atomic E-state index is -5.31. The van der Waals surface area contributed by atoms with Gasteiger partial charge in [0.05, 0.1) is 0 Å². The molecule has 0 radical (unpaired) electrons. The maximum atomic E-state index is 12.1. The van der Waals surface area contributed by atoms with Crippen LogP contribution in [0.3, 0.4) is 0 Å². The fourth-order valence-electron chi connectivity index (χ4n) is 1.13. The summed E-state index contributed by atoms with van der Waals surface area (Å²) in [6.45, 7) is -0.893. The lowest BCUT2D eigenvalue weighted by molar-refractivity contribution is -0.120. The van der Waals surface area contributed by atoms with Crippen molar-refractivity contribution < 1.29 is 26.4 Å². The highest BCUT2D eigenvalue weighted by atomic mass is 32.2. The average Bonchev–Trinajstić information content (AvgIpc) is 2.27. The molecule has 1 fully saturated rings. The van der Waals surface area contributed by atoms with Crippen LogP contribution in [0.15, 0.2) is 0 Å². The van der Waals surface area contributed by atoms with Gasteiger partial charge in [0, 0.05) is 26.1 Å². The summed E-state index contributed by atoms with van der Waals surface area (Å²) in [7, 11) is -5.31. The molecule has 5 nitrogen and oxygen atoms in total. The SMILES string of the molecule is O=C1CCN(S(=O)(=O)C(F)(F)F)CCN1. The van der Waals surface area contributed by atoms with Crippen LogP contribution >= 0.6 is 0 Å². The third-order valence-electron chi connectivity index (χ3n) is 1.90. The summed E-state index contributed by atoms with van der Waals surface area (Å²) in [5.74, 6) is -0.449. The summed E-state index contributed by atoms with van der Waals surface area (Å²) < 4.78 is 58.5. The van der Waals surface area contributed by atoms with Gasteiger partial charge in [0.25, 0.3) is 0 Å². The van der Waals surface area contributed by atoms with Gasteiger partial charge in [-0.05, 0) is 0 Å². The van der Waals surface area contributed by atoms with Crippen molar-refractivity contribution in [1.29, 1.82) is 0 Å². The van der Waals surface area contributed by atoms with Crippen LogP contribution in [0.2, 0.25) is 0 Å². The molecule has 0 aromatic rings. The van der Waals surface area contributed by atoms with Crippen molar-refractivity contribution >= 4 is 15.9 Å². The van der Waals surface area contributed by atoms with Crippen LogP contribution in [-0.2, 0) is 14.8 Å². The Morgan fingerprint density at radius 1 is 1.27 bits per heavy atom. The maximum Gasteiger partial charge on any atom is 0.511 e. The number of halogens is 3. The molecule has 0 unspecified atom stereocenters. The van der Waals surface area contributed by atoms with Crippen molar-refractivity contribution in [2.24, 2.45) is 0 Å². The number of alkyl halides is 3. The van der Waals surface area contributed by atoms with Crippen molar-refractivity contribution in [3.05, 3.63) is 0 Å². The number of rotatable bonds is 1. The molecule has 0 spiro atoms. The second kappa shape index (κ2) is 3.97. The van der Waals surface area contributed by atoms with Crippen LogP contribution in [0.1, 0.15) is 6.42 Å². The zero-order valence-corrected chi connectivity index (χ0v) is 8.36. The van der Waals surface area contributed by atoms with Crippen LogP contribution in [0.4, 0.5) is 13.2 Å². The van der Waals surface area contributed by atoms with Crippen LogP contribution in [0.5, 0.6) is 0 Å². The van der Waals surface area contributed by atoms with Crippen molar-refractivity contribution in [2.75, 3.05) is 19.6 Å². The molecule has 0 saturated carbocycles. The Morgan fingerprint density at radius 2 is 1.87 bits per heavy atom. The smallest absolute Gasteiger partial charge is 0.355 e. The van der Waals surface area contributed by atoms with E-state index in [4.69, 9.17) is 0 Å². The first-order valence-corrected chi connectivity index (χ1v) is 5.52. The highest BCUT2D eigenvalue weighted by Gasteiger charge is 2.49. The molecule has 88 valence electrons. The summed E-state index contributed by atoms with van der Waals surface area (Å²) in [6.07, 6.45) is -0.255. The van der Waals surface area contributed by atoms with Gasteiger partial charge in [-0.1, -0.05) is 0 Å². The predicted octanol–water partition coefficient (Wildman–Crippen LogP) is -0.342. The third-order valence-corrected chi connectivity index (χ3v) is 3.53. The van der Waals surface area contributed by atoms with E-state index in [1.54, 1.807) is 0 Å². The molecule has 1 heterocycles. The summed E-state index contributed by atoms with van der Waals surface area (Å²) >= 11 is 0. The van der Waals surface area contributed by atoms with Gasteiger partial charge < -0.3 is 5.32 Å². The summed E-state index contributed by atoms with van der Waals surface area (Å²) in [5, 5.41) is 2.29. The van der Waals surface area contributed by atoms with Gasteiger partial charge in [0.1, 0.15) is 0 Å². The first-order chi connectivity index (χ1) is 6.75. The molecule has 1 aliphatic rings. The van der Waals surface area contributed by atoms with Gasteiger partial charge in [-0.25, -0.2) is 8.42 Å².